The molecule has 0 saturated heterocycles. The molecule has 1 nitrogen and oxygen atoms in total. The molecule has 0 heterocycles. The predicted octanol–water partition coefficient (Wildman–Crippen LogP) is 4.92. The molecule has 112 valence electrons. The Morgan fingerprint density at radius 3 is 2.14 bits per heavy atom. The van der Waals surface area contributed by atoms with Gasteiger partial charge >= 0.3 is 0 Å². The Bertz CT molecular complexity index is 554. The van der Waals surface area contributed by atoms with Crippen molar-refractivity contribution in [2.75, 3.05) is 12.8 Å². The molecule has 0 aromatic heterocycles. The summed E-state index contributed by atoms with van der Waals surface area (Å²) in [6.45, 7) is 7.50. The van der Waals surface area contributed by atoms with Gasteiger partial charge in [-0.25, -0.2) is 0 Å². The molecule has 1 N–H and O–H groups in total. The number of thioether (sulfide) groups is 1. The Morgan fingerprint density at radius 1 is 1.00 bits per heavy atom. The third kappa shape index (κ3) is 4.62. The SMILES string of the molecule is CCNC(Cc1cc(C)cc(C)c1)c1ccc(SC)cc1. The molecule has 2 aromatic carbocycles. The van der Waals surface area contributed by atoms with Crippen LogP contribution in [0.15, 0.2) is 47.4 Å². The Labute approximate surface area is 133 Å². The summed E-state index contributed by atoms with van der Waals surface area (Å²) in [5, 5.41) is 3.62. The van der Waals surface area contributed by atoms with E-state index in [1.807, 2.05) is 0 Å². The maximum atomic E-state index is 3.62. The van der Waals surface area contributed by atoms with Crippen LogP contribution in [0.25, 0.3) is 0 Å². The van der Waals surface area contributed by atoms with Gasteiger partial charge in [-0.2, -0.15) is 0 Å². The van der Waals surface area contributed by atoms with Crippen molar-refractivity contribution in [1.29, 1.82) is 0 Å². The lowest BCUT2D eigenvalue weighted by molar-refractivity contribution is 0.549. The standard InChI is InChI=1S/C19H25NS/c1-5-20-19(17-6-8-18(21-4)9-7-17)13-16-11-14(2)10-15(3)12-16/h6-12,19-20H,5,13H2,1-4H3. The second kappa shape index (κ2) is 7.67. The van der Waals surface area contributed by atoms with Crippen molar-refractivity contribution in [2.24, 2.45) is 0 Å². The molecule has 0 aliphatic rings. The van der Waals surface area contributed by atoms with Crippen LogP contribution in [-0.2, 0) is 6.42 Å². The fraction of sp³-hybridized carbons (Fsp3) is 0.368. The Balaban J connectivity index is 2.21. The van der Waals surface area contributed by atoms with E-state index in [0.29, 0.717) is 6.04 Å². The van der Waals surface area contributed by atoms with Crippen LogP contribution in [0.4, 0.5) is 0 Å². The van der Waals surface area contributed by atoms with Crippen LogP contribution >= 0.6 is 11.8 Å². The van der Waals surface area contributed by atoms with E-state index in [9.17, 15) is 0 Å². The minimum absolute atomic E-state index is 0.382. The molecule has 2 aromatic rings. The van der Waals surface area contributed by atoms with Gasteiger partial charge in [0.2, 0.25) is 0 Å². The van der Waals surface area contributed by atoms with Crippen molar-refractivity contribution < 1.29 is 0 Å². The lowest BCUT2D eigenvalue weighted by Crippen LogP contribution is -2.23. The summed E-state index contributed by atoms with van der Waals surface area (Å²) in [4.78, 5) is 1.32. The summed E-state index contributed by atoms with van der Waals surface area (Å²) in [5.41, 5.74) is 5.47. The minimum Gasteiger partial charge on any atom is -0.310 e. The van der Waals surface area contributed by atoms with E-state index in [4.69, 9.17) is 0 Å². The fourth-order valence-electron chi connectivity index (χ4n) is 2.81. The number of aryl methyl sites for hydroxylation is 2. The summed E-state index contributed by atoms with van der Waals surface area (Å²) >= 11 is 1.79. The third-order valence-corrected chi connectivity index (χ3v) is 4.43. The number of nitrogens with one attached hydrogen (secondary N) is 1. The van der Waals surface area contributed by atoms with Gasteiger partial charge in [-0.05, 0) is 56.3 Å². The molecular formula is C19H25NS. The molecule has 0 spiro atoms. The van der Waals surface area contributed by atoms with Gasteiger partial charge < -0.3 is 5.32 Å². The maximum absolute atomic E-state index is 3.62. The van der Waals surface area contributed by atoms with Gasteiger partial charge in [0.05, 0.1) is 0 Å². The van der Waals surface area contributed by atoms with Crippen LogP contribution in [-0.4, -0.2) is 12.8 Å². The molecule has 0 amide bonds. The zero-order valence-corrected chi connectivity index (χ0v) is 14.3. The van der Waals surface area contributed by atoms with Crippen LogP contribution < -0.4 is 5.32 Å². The first-order valence-electron chi connectivity index (χ1n) is 7.57. The molecule has 2 heteroatoms. The molecule has 0 aliphatic heterocycles. The van der Waals surface area contributed by atoms with Crippen molar-refractivity contribution in [3.63, 3.8) is 0 Å². The van der Waals surface area contributed by atoms with Gasteiger partial charge in [-0.1, -0.05) is 48.4 Å². The van der Waals surface area contributed by atoms with Gasteiger partial charge in [0.15, 0.2) is 0 Å². The van der Waals surface area contributed by atoms with Gasteiger partial charge in [0.1, 0.15) is 0 Å². The number of benzene rings is 2. The monoisotopic (exact) mass is 299 g/mol. The first kappa shape index (κ1) is 16.1. The third-order valence-electron chi connectivity index (χ3n) is 3.69. The second-order valence-electron chi connectivity index (χ2n) is 5.58. The highest BCUT2D eigenvalue weighted by Gasteiger charge is 2.11. The lowest BCUT2D eigenvalue weighted by Gasteiger charge is -2.19. The molecule has 21 heavy (non-hydrogen) atoms. The summed E-state index contributed by atoms with van der Waals surface area (Å²) in [5.74, 6) is 0. The van der Waals surface area contributed by atoms with E-state index in [1.165, 1.54) is 27.1 Å². The summed E-state index contributed by atoms with van der Waals surface area (Å²) < 4.78 is 0. The molecule has 2 rings (SSSR count). The van der Waals surface area contributed by atoms with Gasteiger partial charge in [-0.3, -0.25) is 0 Å². The summed E-state index contributed by atoms with van der Waals surface area (Å²) in [6, 6.07) is 16.1. The number of rotatable bonds is 6. The number of hydrogen-bond acceptors (Lipinski definition) is 2. The first-order chi connectivity index (χ1) is 10.1. The molecule has 1 atom stereocenters. The molecule has 0 fully saturated rings. The van der Waals surface area contributed by atoms with Gasteiger partial charge in [0.25, 0.3) is 0 Å². The fourth-order valence-corrected chi connectivity index (χ4v) is 3.22. The average Bonchev–Trinajstić information content (AvgIpc) is 2.46. The minimum atomic E-state index is 0.382. The van der Waals surface area contributed by atoms with Crippen LogP contribution in [0.2, 0.25) is 0 Å². The van der Waals surface area contributed by atoms with E-state index in [0.717, 1.165) is 13.0 Å². The first-order valence-corrected chi connectivity index (χ1v) is 8.79. The van der Waals surface area contributed by atoms with Crippen molar-refractivity contribution in [1.82, 2.24) is 5.32 Å². The Hall–Kier alpha value is -1.25. The smallest absolute Gasteiger partial charge is 0.0360 e. The Kier molecular flexibility index (Phi) is 5.89. The predicted molar refractivity (Wildman–Crippen MR) is 94.3 cm³/mol. The highest BCUT2D eigenvalue weighted by atomic mass is 32.2. The normalized spacial score (nSPS) is 12.4. The highest BCUT2D eigenvalue weighted by molar-refractivity contribution is 7.98. The molecule has 0 radical (unpaired) electrons. The van der Waals surface area contributed by atoms with Crippen LogP contribution in [0.3, 0.4) is 0 Å². The van der Waals surface area contributed by atoms with Gasteiger partial charge in [-0.15, -0.1) is 11.8 Å². The van der Waals surface area contributed by atoms with E-state index in [-0.39, 0.29) is 0 Å². The van der Waals surface area contributed by atoms with E-state index >= 15 is 0 Å². The van der Waals surface area contributed by atoms with Gasteiger partial charge in [0, 0.05) is 10.9 Å². The lowest BCUT2D eigenvalue weighted by atomic mass is 9.96. The van der Waals surface area contributed by atoms with Crippen LogP contribution in [0.1, 0.15) is 35.2 Å². The molecule has 0 bridgehead atoms. The number of likely N-dealkylation sites (N-methyl/N-ethyl adjacent to an activating group) is 1. The van der Waals surface area contributed by atoms with E-state index in [1.54, 1.807) is 11.8 Å². The second-order valence-corrected chi connectivity index (χ2v) is 6.46. The number of hydrogen-bond donors (Lipinski definition) is 1. The summed E-state index contributed by atoms with van der Waals surface area (Å²) in [6.07, 6.45) is 3.15. The molecule has 0 saturated carbocycles. The van der Waals surface area contributed by atoms with Crippen molar-refractivity contribution >= 4 is 11.8 Å². The molecule has 0 aliphatic carbocycles. The average molecular weight is 299 g/mol. The maximum Gasteiger partial charge on any atom is 0.0360 e. The molecular weight excluding hydrogens is 274 g/mol. The summed E-state index contributed by atoms with van der Waals surface area (Å²) in [7, 11) is 0. The van der Waals surface area contributed by atoms with Crippen LogP contribution in [0, 0.1) is 13.8 Å². The molecule has 1 unspecified atom stereocenters. The van der Waals surface area contributed by atoms with E-state index < -0.39 is 0 Å². The van der Waals surface area contributed by atoms with Crippen molar-refractivity contribution in [2.45, 2.75) is 38.1 Å². The van der Waals surface area contributed by atoms with Crippen LogP contribution in [0.5, 0.6) is 0 Å². The zero-order valence-electron chi connectivity index (χ0n) is 13.4. The highest BCUT2D eigenvalue weighted by Crippen LogP contribution is 2.23. The topological polar surface area (TPSA) is 12.0 Å². The van der Waals surface area contributed by atoms with Crippen molar-refractivity contribution in [3.8, 4) is 0 Å². The largest absolute Gasteiger partial charge is 0.310 e. The zero-order chi connectivity index (χ0) is 15.2. The van der Waals surface area contributed by atoms with E-state index in [2.05, 4.69) is 74.8 Å². The Morgan fingerprint density at radius 2 is 1.62 bits per heavy atom. The van der Waals surface area contributed by atoms with Crippen molar-refractivity contribution in [3.05, 3.63) is 64.7 Å². The quantitative estimate of drug-likeness (QED) is 0.760.